The second-order valence-electron chi connectivity index (χ2n) is 2.59. The van der Waals surface area contributed by atoms with Gasteiger partial charge in [-0.05, 0) is 15.9 Å². The predicted molar refractivity (Wildman–Crippen MR) is 56.5 cm³/mol. The summed E-state index contributed by atoms with van der Waals surface area (Å²) in [4.78, 5) is 14.3. The lowest BCUT2D eigenvalue weighted by atomic mass is 10.1. The Morgan fingerprint density at radius 1 is 1.60 bits per heavy atom. The molecule has 0 bridgehead atoms. The van der Waals surface area contributed by atoms with Crippen molar-refractivity contribution >= 4 is 37.8 Å². The molecule has 0 spiro atoms. The fourth-order valence-corrected chi connectivity index (χ4v) is 2.14. The predicted octanol–water partition coefficient (Wildman–Crippen LogP) is 3.37. The Hall–Kier alpha value is -0.560. The average molecular weight is 345 g/mol. The lowest BCUT2D eigenvalue weighted by Gasteiger charge is -2.09. The molecule has 0 saturated heterocycles. The lowest BCUT2D eigenvalue weighted by molar-refractivity contribution is 0.0694. The number of hydrogen-bond acceptors (Lipinski definition) is 2. The van der Waals surface area contributed by atoms with E-state index in [9.17, 15) is 13.6 Å². The quantitative estimate of drug-likeness (QED) is 0.855. The summed E-state index contributed by atoms with van der Waals surface area (Å²) in [7, 11) is 0. The van der Waals surface area contributed by atoms with Crippen LogP contribution in [0.2, 0.25) is 0 Å². The van der Waals surface area contributed by atoms with Gasteiger partial charge in [-0.1, -0.05) is 15.9 Å². The van der Waals surface area contributed by atoms with Crippen LogP contribution in [0.3, 0.4) is 0 Å². The molecule has 7 heteroatoms. The molecule has 1 heterocycles. The number of halogens is 4. The van der Waals surface area contributed by atoms with Crippen LogP contribution in [0.1, 0.15) is 28.0 Å². The van der Waals surface area contributed by atoms with E-state index in [2.05, 4.69) is 36.8 Å². The van der Waals surface area contributed by atoms with E-state index in [1.807, 2.05) is 0 Å². The van der Waals surface area contributed by atoms with Crippen LogP contribution in [0.4, 0.5) is 8.78 Å². The molecule has 3 nitrogen and oxygen atoms in total. The van der Waals surface area contributed by atoms with E-state index in [1.165, 1.54) is 0 Å². The molecular formula is C8H5Br2F2NO2. The van der Waals surface area contributed by atoms with E-state index in [0.717, 1.165) is 6.20 Å². The van der Waals surface area contributed by atoms with Crippen LogP contribution >= 0.6 is 31.9 Å². The molecule has 0 amide bonds. The summed E-state index contributed by atoms with van der Waals surface area (Å²) < 4.78 is 25.2. The summed E-state index contributed by atoms with van der Waals surface area (Å²) in [5.41, 5.74) is -0.524. The van der Waals surface area contributed by atoms with Gasteiger partial charge in [-0.3, -0.25) is 4.98 Å². The number of carbonyl (C=O) groups is 1. The maximum atomic E-state index is 12.6. The van der Waals surface area contributed by atoms with Crippen molar-refractivity contribution in [3.05, 3.63) is 27.5 Å². The zero-order valence-corrected chi connectivity index (χ0v) is 10.3. The molecule has 0 atom stereocenters. The van der Waals surface area contributed by atoms with Crippen molar-refractivity contribution in [1.82, 2.24) is 4.98 Å². The number of rotatable bonds is 3. The molecule has 1 aromatic rings. The molecule has 1 N–H and O–H groups in total. The zero-order chi connectivity index (χ0) is 11.6. The second-order valence-corrected chi connectivity index (χ2v) is 3.94. The molecular weight excluding hydrogens is 340 g/mol. The molecule has 0 aliphatic heterocycles. The third-order valence-corrected chi connectivity index (χ3v) is 3.09. The van der Waals surface area contributed by atoms with E-state index >= 15 is 0 Å². The topological polar surface area (TPSA) is 50.2 Å². The van der Waals surface area contributed by atoms with Crippen molar-refractivity contribution < 1.29 is 18.7 Å². The van der Waals surface area contributed by atoms with Gasteiger partial charge in [-0.2, -0.15) is 0 Å². The van der Waals surface area contributed by atoms with Crippen LogP contribution in [-0.2, 0) is 5.33 Å². The summed E-state index contributed by atoms with van der Waals surface area (Å²) >= 11 is 5.86. The second kappa shape index (κ2) is 4.98. The maximum Gasteiger partial charge on any atom is 0.338 e. The van der Waals surface area contributed by atoms with Crippen molar-refractivity contribution in [3.8, 4) is 0 Å². The molecule has 0 fully saturated rings. The van der Waals surface area contributed by atoms with Crippen LogP contribution in [0.25, 0.3) is 0 Å². The van der Waals surface area contributed by atoms with Crippen molar-refractivity contribution in [2.75, 3.05) is 0 Å². The monoisotopic (exact) mass is 343 g/mol. The molecule has 0 aliphatic carbocycles. The molecule has 1 aromatic heterocycles. The van der Waals surface area contributed by atoms with E-state index < -0.39 is 12.4 Å². The molecule has 1 rings (SSSR count). The minimum absolute atomic E-state index is 0.116. The fraction of sp³-hybridized carbons (Fsp3) is 0.250. The molecule has 0 saturated carbocycles. The number of carboxylic acid groups (broad SMARTS) is 1. The van der Waals surface area contributed by atoms with Crippen LogP contribution < -0.4 is 0 Å². The number of hydrogen-bond donors (Lipinski definition) is 1. The van der Waals surface area contributed by atoms with Gasteiger partial charge in [0.05, 0.1) is 16.8 Å². The summed E-state index contributed by atoms with van der Waals surface area (Å²) in [6.07, 6.45) is -1.71. The normalized spacial score (nSPS) is 10.7. The first kappa shape index (κ1) is 12.5. The van der Waals surface area contributed by atoms with Crippen LogP contribution in [0.5, 0.6) is 0 Å². The third kappa shape index (κ3) is 2.52. The van der Waals surface area contributed by atoms with Gasteiger partial charge in [0.25, 0.3) is 6.43 Å². The fourth-order valence-electron chi connectivity index (χ4n) is 1.02. The largest absolute Gasteiger partial charge is 0.478 e. The first-order valence-electron chi connectivity index (χ1n) is 3.73. The summed E-state index contributed by atoms with van der Waals surface area (Å²) in [5, 5.41) is 8.85. The number of aromatic carboxylic acids is 1. The minimum Gasteiger partial charge on any atom is -0.478 e. The first-order chi connectivity index (χ1) is 6.99. The highest BCUT2D eigenvalue weighted by molar-refractivity contribution is 9.10. The third-order valence-electron chi connectivity index (χ3n) is 1.71. The zero-order valence-electron chi connectivity index (χ0n) is 7.18. The number of nitrogens with zero attached hydrogens (tertiary/aromatic N) is 1. The van der Waals surface area contributed by atoms with E-state index in [-0.39, 0.29) is 26.6 Å². The molecule has 0 unspecified atom stereocenters. The Morgan fingerprint density at radius 3 is 2.60 bits per heavy atom. The standard InChI is InChI=1S/C8H5Br2F2NO2/c9-1-4-5(7(11)12)6(10)3(2-13-4)8(14)15/h2,7H,1H2,(H,14,15). The van der Waals surface area contributed by atoms with E-state index in [0.29, 0.717) is 0 Å². The van der Waals surface area contributed by atoms with E-state index in [4.69, 9.17) is 5.11 Å². The number of alkyl halides is 3. The Bertz CT molecular complexity index is 398. The maximum absolute atomic E-state index is 12.6. The highest BCUT2D eigenvalue weighted by Gasteiger charge is 2.22. The van der Waals surface area contributed by atoms with Crippen LogP contribution in [0, 0.1) is 0 Å². The van der Waals surface area contributed by atoms with Gasteiger partial charge < -0.3 is 5.11 Å². The van der Waals surface area contributed by atoms with Crippen molar-refractivity contribution in [3.63, 3.8) is 0 Å². The number of aromatic nitrogens is 1. The van der Waals surface area contributed by atoms with Crippen LogP contribution in [-0.4, -0.2) is 16.1 Å². The van der Waals surface area contributed by atoms with Crippen molar-refractivity contribution in [2.45, 2.75) is 11.8 Å². The number of pyridine rings is 1. The number of carboxylic acids is 1. The van der Waals surface area contributed by atoms with Gasteiger partial charge in [-0.15, -0.1) is 0 Å². The van der Waals surface area contributed by atoms with Crippen molar-refractivity contribution in [2.24, 2.45) is 0 Å². The Labute approximate surface area is 101 Å². The Kier molecular flexibility index (Phi) is 4.15. The SMILES string of the molecule is O=C(O)c1cnc(CBr)c(C(F)F)c1Br. The van der Waals surface area contributed by atoms with Gasteiger partial charge >= 0.3 is 5.97 Å². The molecule has 0 radical (unpaired) electrons. The van der Waals surface area contributed by atoms with Crippen LogP contribution in [0.15, 0.2) is 10.7 Å². The summed E-state index contributed by atoms with van der Waals surface area (Å²) in [6.45, 7) is 0. The van der Waals surface area contributed by atoms with Gasteiger partial charge in [0.15, 0.2) is 0 Å². The molecule has 15 heavy (non-hydrogen) atoms. The Balaban J connectivity index is 3.42. The van der Waals surface area contributed by atoms with Gasteiger partial charge in [0.2, 0.25) is 0 Å². The van der Waals surface area contributed by atoms with E-state index in [1.54, 1.807) is 0 Å². The highest BCUT2D eigenvalue weighted by Crippen LogP contribution is 2.32. The first-order valence-corrected chi connectivity index (χ1v) is 5.65. The average Bonchev–Trinajstić information content (AvgIpc) is 2.15. The van der Waals surface area contributed by atoms with Crippen molar-refractivity contribution in [1.29, 1.82) is 0 Å². The molecule has 0 aromatic carbocycles. The smallest absolute Gasteiger partial charge is 0.338 e. The van der Waals surface area contributed by atoms with Gasteiger partial charge in [0, 0.05) is 16.0 Å². The molecule has 0 aliphatic rings. The lowest BCUT2D eigenvalue weighted by Crippen LogP contribution is -2.05. The van der Waals surface area contributed by atoms with Gasteiger partial charge in [-0.25, -0.2) is 13.6 Å². The minimum atomic E-state index is -2.77. The molecule has 82 valence electrons. The van der Waals surface area contributed by atoms with Gasteiger partial charge in [0.1, 0.15) is 0 Å². The Morgan fingerprint density at radius 2 is 2.20 bits per heavy atom. The summed E-state index contributed by atoms with van der Waals surface area (Å²) in [6, 6.07) is 0. The summed E-state index contributed by atoms with van der Waals surface area (Å²) in [5.74, 6) is -1.29. The highest BCUT2D eigenvalue weighted by atomic mass is 79.9.